The first-order chi connectivity index (χ1) is 10.2. The Hall–Kier alpha value is -2.08. The van der Waals surface area contributed by atoms with Crippen molar-refractivity contribution in [2.24, 2.45) is 4.99 Å². The van der Waals surface area contributed by atoms with Gasteiger partial charge in [-0.25, -0.2) is 9.79 Å². The number of rotatable bonds is 6. The molecule has 6 nitrogen and oxygen atoms in total. The number of esters is 1. The largest absolute Gasteiger partial charge is 0.494 e. The van der Waals surface area contributed by atoms with Crippen molar-refractivity contribution in [3.05, 3.63) is 29.8 Å². The Bertz CT molecular complexity index is 511. The summed E-state index contributed by atoms with van der Waals surface area (Å²) in [5.74, 6) is 0.740. The number of methoxy groups -OCH3 is 1. The predicted octanol–water partition coefficient (Wildman–Crippen LogP) is 1.15. The van der Waals surface area contributed by atoms with Crippen LogP contribution in [0.5, 0.6) is 5.75 Å². The molecule has 1 aliphatic heterocycles. The van der Waals surface area contributed by atoms with Gasteiger partial charge in [0.15, 0.2) is 6.04 Å². The van der Waals surface area contributed by atoms with Crippen molar-refractivity contribution >= 4 is 11.9 Å². The number of nitrogens with zero attached hydrogens (tertiary/aromatic N) is 1. The van der Waals surface area contributed by atoms with Crippen LogP contribution in [0.1, 0.15) is 18.9 Å². The number of aliphatic hydroxyl groups excluding tert-OH is 1. The van der Waals surface area contributed by atoms with Crippen LogP contribution in [-0.4, -0.2) is 49.4 Å². The number of ether oxygens (including phenoxy) is 3. The smallest absolute Gasteiger partial charge is 0.334 e. The van der Waals surface area contributed by atoms with Gasteiger partial charge in [0.1, 0.15) is 11.9 Å². The molecular weight excluding hydrogens is 274 g/mol. The summed E-state index contributed by atoms with van der Waals surface area (Å²) in [6, 6.07) is 6.62. The average molecular weight is 293 g/mol. The molecule has 0 saturated heterocycles. The normalized spacial score (nSPS) is 20.6. The minimum absolute atomic E-state index is 0.107. The molecule has 1 heterocycles. The second-order valence-electron chi connectivity index (χ2n) is 4.68. The first-order valence-electron chi connectivity index (χ1n) is 6.82. The molecule has 1 aliphatic rings. The summed E-state index contributed by atoms with van der Waals surface area (Å²) in [6.45, 7) is 2.36. The zero-order valence-electron chi connectivity index (χ0n) is 12.1. The fraction of sp³-hybridized carbons (Fsp3) is 0.467. The second kappa shape index (κ2) is 7.08. The Kier molecular flexibility index (Phi) is 5.16. The van der Waals surface area contributed by atoms with E-state index in [9.17, 15) is 4.79 Å². The van der Waals surface area contributed by atoms with Crippen LogP contribution in [0.15, 0.2) is 29.3 Å². The van der Waals surface area contributed by atoms with Crippen LogP contribution in [0.4, 0.5) is 0 Å². The second-order valence-corrected chi connectivity index (χ2v) is 4.68. The van der Waals surface area contributed by atoms with E-state index in [-0.39, 0.29) is 12.7 Å². The number of carbonyl (C=O) groups is 1. The lowest BCUT2D eigenvalue weighted by atomic mass is 10.2. The Balaban J connectivity index is 2.04. The summed E-state index contributed by atoms with van der Waals surface area (Å²) < 4.78 is 15.7. The highest BCUT2D eigenvalue weighted by atomic mass is 16.5. The summed E-state index contributed by atoms with van der Waals surface area (Å²) in [7, 11) is 1.33. The van der Waals surface area contributed by atoms with Crippen LogP contribution in [0, 0.1) is 0 Å². The van der Waals surface area contributed by atoms with Crippen molar-refractivity contribution < 1.29 is 24.1 Å². The van der Waals surface area contributed by atoms with Crippen molar-refractivity contribution in [2.75, 3.05) is 20.3 Å². The molecule has 0 saturated carbocycles. The maximum atomic E-state index is 11.6. The van der Waals surface area contributed by atoms with E-state index in [0.29, 0.717) is 24.7 Å². The van der Waals surface area contributed by atoms with Crippen LogP contribution < -0.4 is 4.74 Å². The maximum Gasteiger partial charge on any atom is 0.334 e. The molecule has 0 radical (unpaired) electrons. The number of aliphatic imine (C=N–C) groups is 1. The van der Waals surface area contributed by atoms with Crippen LogP contribution in [0.25, 0.3) is 0 Å². The molecule has 0 spiro atoms. The quantitative estimate of drug-likeness (QED) is 0.629. The van der Waals surface area contributed by atoms with Crippen molar-refractivity contribution in [2.45, 2.75) is 25.5 Å². The maximum absolute atomic E-state index is 11.6. The third kappa shape index (κ3) is 3.72. The number of aliphatic hydroxyl groups is 1. The third-order valence-electron chi connectivity index (χ3n) is 3.11. The number of carbonyl (C=O) groups excluding carboxylic acids is 1. The van der Waals surface area contributed by atoms with Crippen LogP contribution in [-0.2, 0) is 14.3 Å². The van der Waals surface area contributed by atoms with Crippen molar-refractivity contribution in [1.82, 2.24) is 0 Å². The first-order valence-corrected chi connectivity index (χ1v) is 6.82. The van der Waals surface area contributed by atoms with Gasteiger partial charge in [-0.15, -0.1) is 0 Å². The van der Waals surface area contributed by atoms with Gasteiger partial charge in [-0.05, 0) is 31.2 Å². The van der Waals surface area contributed by atoms with Gasteiger partial charge in [0.05, 0.1) is 13.7 Å². The fourth-order valence-corrected chi connectivity index (χ4v) is 1.96. The summed E-state index contributed by atoms with van der Waals surface area (Å²) in [6.07, 6.45) is 0.253. The number of hydrogen-bond donors (Lipinski definition) is 1. The van der Waals surface area contributed by atoms with E-state index in [2.05, 4.69) is 4.99 Å². The molecule has 1 aromatic carbocycles. The first kappa shape index (κ1) is 15.3. The van der Waals surface area contributed by atoms with E-state index < -0.39 is 12.0 Å². The summed E-state index contributed by atoms with van der Waals surface area (Å²) in [5, 5.41) is 8.70. The van der Waals surface area contributed by atoms with Gasteiger partial charge in [-0.2, -0.15) is 0 Å². The fourth-order valence-electron chi connectivity index (χ4n) is 1.96. The van der Waals surface area contributed by atoms with E-state index in [0.717, 1.165) is 5.56 Å². The highest BCUT2D eigenvalue weighted by Gasteiger charge is 2.34. The topological polar surface area (TPSA) is 77.4 Å². The highest BCUT2D eigenvalue weighted by molar-refractivity contribution is 5.98. The van der Waals surface area contributed by atoms with Gasteiger partial charge in [0.2, 0.25) is 5.90 Å². The van der Waals surface area contributed by atoms with E-state index in [1.54, 1.807) is 19.1 Å². The van der Waals surface area contributed by atoms with Gasteiger partial charge >= 0.3 is 5.97 Å². The van der Waals surface area contributed by atoms with Crippen LogP contribution in [0.2, 0.25) is 0 Å². The molecule has 2 rings (SSSR count). The molecule has 6 heteroatoms. The van der Waals surface area contributed by atoms with E-state index in [1.807, 2.05) is 12.1 Å². The zero-order chi connectivity index (χ0) is 15.2. The Morgan fingerprint density at radius 2 is 2.10 bits per heavy atom. The van der Waals surface area contributed by atoms with E-state index >= 15 is 0 Å². The lowest BCUT2D eigenvalue weighted by Crippen LogP contribution is -2.28. The molecule has 0 aromatic heterocycles. The van der Waals surface area contributed by atoms with E-state index in [4.69, 9.17) is 19.3 Å². The average Bonchev–Trinajstić information content (AvgIpc) is 2.89. The molecule has 2 atom stereocenters. The minimum Gasteiger partial charge on any atom is -0.494 e. The van der Waals surface area contributed by atoms with Crippen LogP contribution in [0.3, 0.4) is 0 Å². The van der Waals surface area contributed by atoms with Crippen molar-refractivity contribution in [3.63, 3.8) is 0 Å². The number of benzene rings is 1. The van der Waals surface area contributed by atoms with Gasteiger partial charge in [0, 0.05) is 18.6 Å². The third-order valence-corrected chi connectivity index (χ3v) is 3.11. The number of hydrogen-bond acceptors (Lipinski definition) is 6. The van der Waals surface area contributed by atoms with Crippen molar-refractivity contribution in [3.8, 4) is 5.75 Å². The van der Waals surface area contributed by atoms with Gasteiger partial charge < -0.3 is 19.3 Å². The molecule has 1 N–H and O–H groups in total. The van der Waals surface area contributed by atoms with Crippen molar-refractivity contribution in [1.29, 1.82) is 0 Å². The molecule has 0 bridgehead atoms. The monoisotopic (exact) mass is 293 g/mol. The lowest BCUT2D eigenvalue weighted by Gasteiger charge is -2.10. The zero-order valence-corrected chi connectivity index (χ0v) is 12.1. The van der Waals surface area contributed by atoms with Gasteiger partial charge in [0.25, 0.3) is 0 Å². The van der Waals surface area contributed by atoms with Gasteiger partial charge in [-0.1, -0.05) is 0 Å². The molecular formula is C15H19NO5. The standard InChI is InChI=1S/C15H19NO5/c1-10-13(15(18)19-2)16-14(21-10)11-4-6-12(7-5-11)20-9-3-8-17/h4-7,10,13,17H,3,8-9H2,1-2H3/t10-,13-/m1/s1. The van der Waals surface area contributed by atoms with E-state index in [1.165, 1.54) is 7.11 Å². The minimum atomic E-state index is -0.620. The molecule has 0 fully saturated rings. The Morgan fingerprint density at radius 3 is 2.71 bits per heavy atom. The highest BCUT2D eigenvalue weighted by Crippen LogP contribution is 2.21. The SMILES string of the molecule is COC(=O)[C@@H]1N=C(c2ccc(OCCCO)cc2)O[C@@H]1C. The molecule has 1 aromatic rings. The predicted molar refractivity (Wildman–Crippen MR) is 76.5 cm³/mol. The van der Waals surface area contributed by atoms with Gasteiger partial charge in [-0.3, -0.25) is 0 Å². The van der Waals surface area contributed by atoms with Crippen LogP contribution >= 0.6 is 0 Å². The summed E-state index contributed by atoms with van der Waals surface area (Å²) in [5.41, 5.74) is 0.780. The Morgan fingerprint density at radius 1 is 1.38 bits per heavy atom. The molecule has 0 amide bonds. The summed E-state index contributed by atoms with van der Waals surface area (Å²) >= 11 is 0. The Labute approximate surface area is 123 Å². The molecule has 114 valence electrons. The summed E-state index contributed by atoms with van der Waals surface area (Å²) in [4.78, 5) is 15.8. The molecule has 21 heavy (non-hydrogen) atoms. The lowest BCUT2D eigenvalue weighted by molar-refractivity contribution is -0.143. The molecule has 0 unspecified atom stereocenters. The molecule has 0 aliphatic carbocycles.